The molecule has 1 atom stereocenters. The molecule has 0 saturated carbocycles. The number of anilines is 1. The van der Waals surface area contributed by atoms with E-state index in [1.807, 2.05) is 0 Å². The fraction of sp³-hybridized carbons (Fsp3) is 0.250. The van der Waals surface area contributed by atoms with E-state index >= 15 is 0 Å². The zero-order valence-electron chi connectivity index (χ0n) is 16.5. The third kappa shape index (κ3) is 4.45. The minimum Gasteiger partial charge on any atom is -0.454 e. The Kier molecular flexibility index (Phi) is 5.51. The fourth-order valence-corrected chi connectivity index (χ4v) is 4.29. The van der Waals surface area contributed by atoms with Crippen molar-refractivity contribution in [3.05, 3.63) is 48.0 Å². The van der Waals surface area contributed by atoms with Crippen molar-refractivity contribution in [1.29, 1.82) is 0 Å². The highest BCUT2D eigenvalue weighted by molar-refractivity contribution is 7.90. The molecule has 1 unspecified atom stereocenters. The predicted octanol–water partition coefficient (Wildman–Crippen LogP) is 1.41. The molecule has 0 aliphatic carbocycles. The zero-order valence-corrected chi connectivity index (χ0v) is 17.3. The number of hydrogen-bond acceptors (Lipinski definition) is 8. The summed E-state index contributed by atoms with van der Waals surface area (Å²) in [4.78, 5) is 28.6. The molecule has 1 amide bonds. The van der Waals surface area contributed by atoms with Crippen LogP contribution in [0.15, 0.2) is 52.4 Å². The summed E-state index contributed by atoms with van der Waals surface area (Å²) in [6, 6.07) is 11.4. The highest BCUT2D eigenvalue weighted by Crippen LogP contribution is 2.34. The molecule has 10 nitrogen and oxygen atoms in total. The van der Waals surface area contributed by atoms with Crippen LogP contribution in [-0.4, -0.2) is 45.6 Å². The first-order chi connectivity index (χ1) is 14.8. The van der Waals surface area contributed by atoms with E-state index in [1.54, 1.807) is 36.4 Å². The van der Waals surface area contributed by atoms with Crippen LogP contribution in [0.4, 0.5) is 5.69 Å². The second-order valence-corrected chi connectivity index (χ2v) is 8.42. The smallest absolute Gasteiger partial charge is 0.308 e. The van der Waals surface area contributed by atoms with E-state index in [9.17, 15) is 18.0 Å². The minimum absolute atomic E-state index is 0.00151. The molecule has 4 rings (SSSR count). The standard InChI is InChI=1S/C20H19N3O7S/c1-12(20(25)22-13-6-7-15-16(10-13)29-11-28-15)30-18(24)8-9-21-19-14-4-2-3-5-17(14)31(26,27)23-19/h2-7,10,12H,8-9,11H2,1H3,(H,21,23)(H,22,25). The van der Waals surface area contributed by atoms with Crippen LogP contribution in [0.3, 0.4) is 0 Å². The predicted molar refractivity (Wildman–Crippen MR) is 110 cm³/mol. The Labute approximate surface area is 178 Å². The van der Waals surface area contributed by atoms with Gasteiger partial charge < -0.3 is 19.5 Å². The zero-order chi connectivity index (χ0) is 22.0. The van der Waals surface area contributed by atoms with Crippen LogP contribution in [0.2, 0.25) is 0 Å². The maximum absolute atomic E-state index is 12.3. The molecule has 2 N–H and O–H groups in total. The second-order valence-electron chi connectivity index (χ2n) is 6.77. The van der Waals surface area contributed by atoms with Crippen LogP contribution in [0.25, 0.3) is 0 Å². The largest absolute Gasteiger partial charge is 0.454 e. The first-order valence-corrected chi connectivity index (χ1v) is 10.9. The molecular weight excluding hydrogens is 426 g/mol. The molecule has 2 aliphatic rings. The minimum atomic E-state index is -3.64. The number of benzene rings is 2. The average molecular weight is 445 g/mol. The molecule has 11 heteroatoms. The number of rotatable bonds is 6. The summed E-state index contributed by atoms with van der Waals surface area (Å²) in [7, 11) is -3.64. The molecule has 0 saturated heterocycles. The lowest BCUT2D eigenvalue weighted by molar-refractivity contribution is -0.152. The van der Waals surface area contributed by atoms with Gasteiger partial charge in [0.25, 0.3) is 15.9 Å². The summed E-state index contributed by atoms with van der Waals surface area (Å²) in [6.07, 6.45) is -1.15. The number of hydrogen-bond donors (Lipinski definition) is 2. The van der Waals surface area contributed by atoms with Gasteiger partial charge in [-0.05, 0) is 31.2 Å². The van der Waals surface area contributed by atoms with Crippen molar-refractivity contribution < 1.29 is 32.2 Å². The van der Waals surface area contributed by atoms with Gasteiger partial charge in [0.2, 0.25) is 6.79 Å². The lowest BCUT2D eigenvalue weighted by Crippen LogP contribution is -2.30. The topological polar surface area (TPSA) is 132 Å². The number of carbonyl (C=O) groups is 2. The van der Waals surface area contributed by atoms with Gasteiger partial charge in [-0.15, -0.1) is 0 Å². The van der Waals surface area contributed by atoms with Gasteiger partial charge in [0.05, 0.1) is 17.9 Å². The molecular formula is C20H19N3O7S. The third-order valence-electron chi connectivity index (χ3n) is 4.57. The van der Waals surface area contributed by atoms with Crippen molar-refractivity contribution in [2.45, 2.75) is 24.3 Å². The van der Waals surface area contributed by atoms with Crippen molar-refractivity contribution in [1.82, 2.24) is 4.72 Å². The lowest BCUT2D eigenvalue weighted by atomic mass is 10.2. The normalized spacial score (nSPS) is 17.5. The van der Waals surface area contributed by atoms with Crippen LogP contribution in [0.1, 0.15) is 18.9 Å². The Morgan fingerprint density at radius 1 is 1.19 bits per heavy atom. The number of nitrogens with one attached hydrogen (secondary N) is 2. The quantitative estimate of drug-likeness (QED) is 0.643. The number of fused-ring (bicyclic) bond motifs is 2. The van der Waals surface area contributed by atoms with Crippen LogP contribution in [-0.2, 0) is 24.3 Å². The number of nitrogens with zero attached hydrogens (tertiary/aromatic N) is 1. The maximum Gasteiger partial charge on any atom is 0.308 e. The van der Waals surface area contributed by atoms with Gasteiger partial charge in [-0.2, -0.15) is 0 Å². The maximum atomic E-state index is 12.3. The Morgan fingerprint density at radius 3 is 2.81 bits per heavy atom. The number of amidine groups is 1. The van der Waals surface area contributed by atoms with Crippen molar-refractivity contribution >= 4 is 33.4 Å². The highest BCUT2D eigenvalue weighted by Gasteiger charge is 2.30. The number of aliphatic imine (C=N–C) groups is 1. The summed E-state index contributed by atoms with van der Waals surface area (Å²) >= 11 is 0. The molecule has 2 aromatic rings. The van der Waals surface area contributed by atoms with Crippen molar-refractivity contribution in [2.75, 3.05) is 18.7 Å². The number of ether oxygens (including phenoxy) is 3. The lowest BCUT2D eigenvalue weighted by Gasteiger charge is -2.13. The van der Waals surface area contributed by atoms with Crippen LogP contribution >= 0.6 is 0 Å². The first kappa shape index (κ1) is 20.7. The van der Waals surface area contributed by atoms with Crippen molar-refractivity contribution in [2.24, 2.45) is 4.99 Å². The molecule has 162 valence electrons. The molecule has 0 aromatic heterocycles. The SMILES string of the molecule is CC(OC(=O)CCN=C1NS(=O)(=O)c2ccccc21)C(=O)Nc1ccc2c(c1)OCO2. The van der Waals surface area contributed by atoms with Crippen LogP contribution < -0.4 is 19.5 Å². The Hall–Kier alpha value is -3.60. The Balaban J connectivity index is 1.29. The van der Waals surface area contributed by atoms with E-state index in [0.717, 1.165) is 0 Å². The number of esters is 1. The molecule has 0 spiro atoms. The van der Waals surface area contributed by atoms with Gasteiger partial charge in [0.15, 0.2) is 17.6 Å². The highest BCUT2D eigenvalue weighted by atomic mass is 32.2. The summed E-state index contributed by atoms with van der Waals surface area (Å²) in [5.74, 6) is 0.150. The molecule has 2 aromatic carbocycles. The first-order valence-electron chi connectivity index (χ1n) is 9.40. The molecule has 0 bridgehead atoms. The van der Waals surface area contributed by atoms with Gasteiger partial charge in [-0.25, -0.2) is 8.42 Å². The Bertz CT molecular complexity index is 1180. The van der Waals surface area contributed by atoms with Crippen molar-refractivity contribution in [3.8, 4) is 11.5 Å². The van der Waals surface area contributed by atoms with Crippen LogP contribution in [0, 0.1) is 0 Å². The van der Waals surface area contributed by atoms with Gasteiger partial charge in [0.1, 0.15) is 5.84 Å². The average Bonchev–Trinajstić information content (AvgIpc) is 3.30. The third-order valence-corrected chi connectivity index (χ3v) is 5.96. The number of amides is 1. The summed E-state index contributed by atoms with van der Waals surface area (Å²) in [5, 5.41) is 2.64. The molecule has 0 fully saturated rings. The Morgan fingerprint density at radius 2 is 1.97 bits per heavy atom. The van der Waals surface area contributed by atoms with E-state index in [1.165, 1.54) is 13.0 Å². The molecule has 2 heterocycles. The number of sulfonamides is 1. The van der Waals surface area contributed by atoms with Gasteiger partial charge in [-0.1, -0.05) is 12.1 Å². The van der Waals surface area contributed by atoms with Crippen molar-refractivity contribution in [3.63, 3.8) is 0 Å². The van der Waals surface area contributed by atoms with E-state index in [-0.39, 0.29) is 30.5 Å². The van der Waals surface area contributed by atoms with E-state index in [4.69, 9.17) is 14.2 Å². The monoisotopic (exact) mass is 445 g/mol. The van der Waals surface area contributed by atoms with Crippen LogP contribution in [0.5, 0.6) is 11.5 Å². The molecule has 31 heavy (non-hydrogen) atoms. The second kappa shape index (κ2) is 8.26. The van der Waals surface area contributed by atoms with Gasteiger partial charge >= 0.3 is 5.97 Å². The van der Waals surface area contributed by atoms with E-state index in [0.29, 0.717) is 22.7 Å². The fourth-order valence-electron chi connectivity index (χ4n) is 3.04. The summed E-state index contributed by atoms with van der Waals surface area (Å²) in [5.41, 5.74) is 0.933. The summed E-state index contributed by atoms with van der Waals surface area (Å²) < 4.78 is 42.1. The molecule has 2 aliphatic heterocycles. The van der Waals surface area contributed by atoms with Gasteiger partial charge in [0, 0.05) is 17.3 Å². The summed E-state index contributed by atoms with van der Waals surface area (Å²) in [6.45, 7) is 1.58. The van der Waals surface area contributed by atoms with Gasteiger partial charge in [-0.3, -0.25) is 19.3 Å². The number of carbonyl (C=O) groups excluding carboxylic acids is 2. The van der Waals surface area contributed by atoms with E-state index in [2.05, 4.69) is 15.0 Å². The van der Waals surface area contributed by atoms with E-state index < -0.39 is 28.0 Å². The molecule has 0 radical (unpaired) electrons.